The van der Waals surface area contributed by atoms with E-state index in [2.05, 4.69) is 6.07 Å². The van der Waals surface area contributed by atoms with Crippen LogP contribution in [0.25, 0.3) is 0 Å². The number of nitrogens with zero attached hydrogens (tertiary/aromatic N) is 2. The number of nitrogens with two attached hydrogens (primary N) is 2. The molecule has 1 aromatic rings. The number of fused-ring (bicyclic) bond motifs is 1. The maximum atomic E-state index is 12.1. The molecule has 2 atom stereocenters. The van der Waals surface area contributed by atoms with Gasteiger partial charge in [0.2, 0.25) is 5.91 Å². The molecule has 0 aromatic heterocycles. The lowest BCUT2D eigenvalue weighted by atomic mass is 9.82. The van der Waals surface area contributed by atoms with Crippen molar-refractivity contribution in [2.45, 2.75) is 18.6 Å². The number of aliphatic hydroxyl groups is 1. The van der Waals surface area contributed by atoms with Crippen molar-refractivity contribution < 1.29 is 9.90 Å². The van der Waals surface area contributed by atoms with Crippen LogP contribution >= 0.6 is 11.8 Å². The van der Waals surface area contributed by atoms with Crippen LogP contribution in [0, 0.1) is 11.3 Å². The third-order valence-electron chi connectivity index (χ3n) is 4.01. The summed E-state index contributed by atoms with van der Waals surface area (Å²) in [5.41, 5.74) is 11.8. The number of benzene rings is 1. The van der Waals surface area contributed by atoms with Gasteiger partial charge in [0.1, 0.15) is 5.82 Å². The minimum absolute atomic E-state index is 0.163. The molecule has 1 aromatic carbocycles. The van der Waals surface area contributed by atoms with Gasteiger partial charge < -0.3 is 16.6 Å². The first-order chi connectivity index (χ1) is 10.9. The van der Waals surface area contributed by atoms with Gasteiger partial charge in [0.05, 0.1) is 28.2 Å². The van der Waals surface area contributed by atoms with Gasteiger partial charge in [0, 0.05) is 5.75 Å². The molecule has 1 saturated heterocycles. The molecule has 2 aliphatic rings. The van der Waals surface area contributed by atoms with Crippen molar-refractivity contribution in [3.63, 3.8) is 0 Å². The lowest BCUT2D eigenvalue weighted by molar-refractivity contribution is -0.115. The Balaban J connectivity index is 2.29. The molecule has 3 rings (SSSR count). The molecule has 2 heterocycles. The fraction of sp³-hybridized carbons (Fsp3) is 0.250. The Hall–Kier alpha value is -2.43. The van der Waals surface area contributed by atoms with E-state index in [9.17, 15) is 15.2 Å². The topological polar surface area (TPSA) is 116 Å². The zero-order valence-corrected chi connectivity index (χ0v) is 13.3. The minimum Gasteiger partial charge on any atom is -0.384 e. The number of carbonyl (C=O) groups is 1. The molecule has 0 radical (unpaired) electrons. The van der Waals surface area contributed by atoms with E-state index in [4.69, 9.17) is 11.5 Å². The smallest absolute Gasteiger partial charge is 0.248 e. The number of thioether (sulfide) groups is 1. The first-order valence-corrected chi connectivity index (χ1v) is 8.01. The van der Waals surface area contributed by atoms with Gasteiger partial charge in [-0.1, -0.05) is 30.3 Å². The zero-order valence-electron chi connectivity index (χ0n) is 12.5. The minimum atomic E-state index is -1.27. The quantitative estimate of drug-likeness (QED) is 0.744. The van der Waals surface area contributed by atoms with E-state index < -0.39 is 17.6 Å². The average Bonchev–Trinajstić information content (AvgIpc) is 2.83. The van der Waals surface area contributed by atoms with Crippen LogP contribution in [0.2, 0.25) is 0 Å². The van der Waals surface area contributed by atoms with Crippen molar-refractivity contribution in [2.24, 2.45) is 11.5 Å². The number of carbonyl (C=O) groups excluding carboxylic acids is 1. The second-order valence-corrected chi connectivity index (χ2v) is 6.64. The molecule has 2 aliphatic heterocycles. The number of nitriles is 1. The number of hydrogen-bond acceptors (Lipinski definition) is 6. The molecular formula is C16H16N4O2S. The third kappa shape index (κ3) is 2.27. The molecular weight excluding hydrogens is 312 g/mol. The predicted molar refractivity (Wildman–Crippen MR) is 87.2 cm³/mol. The molecule has 2 unspecified atom stereocenters. The highest BCUT2D eigenvalue weighted by molar-refractivity contribution is 8.03. The molecule has 0 bridgehead atoms. The Morgan fingerprint density at radius 1 is 1.48 bits per heavy atom. The van der Waals surface area contributed by atoms with Gasteiger partial charge in [-0.15, -0.1) is 11.8 Å². The Kier molecular flexibility index (Phi) is 3.59. The van der Waals surface area contributed by atoms with Crippen LogP contribution in [0.15, 0.2) is 52.3 Å². The Morgan fingerprint density at radius 2 is 2.13 bits per heavy atom. The fourth-order valence-electron chi connectivity index (χ4n) is 3.00. The number of amides is 1. The van der Waals surface area contributed by atoms with Crippen LogP contribution in [-0.4, -0.2) is 27.4 Å². The Labute approximate surface area is 138 Å². The Bertz CT molecular complexity index is 777. The maximum absolute atomic E-state index is 12.1. The van der Waals surface area contributed by atoms with Gasteiger partial charge in [0.25, 0.3) is 0 Å². The summed E-state index contributed by atoms with van der Waals surface area (Å²) < 4.78 is 0. The lowest BCUT2D eigenvalue weighted by Crippen LogP contribution is -2.47. The van der Waals surface area contributed by atoms with E-state index in [0.29, 0.717) is 16.4 Å². The number of rotatable bonds is 2. The molecule has 1 fully saturated rings. The van der Waals surface area contributed by atoms with E-state index in [1.165, 1.54) is 16.7 Å². The first-order valence-electron chi connectivity index (χ1n) is 7.02. The van der Waals surface area contributed by atoms with Crippen molar-refractivity contribution in [3.05, 3.63) is 57.9 Å². The van der Waals surface area contributed by atoms with Crippen LogP contribution in [0.1, 0.15) is 18.4 Å². The largest absolute Gasteiger partial charge is 0.384 e. The van der Waals surface area contributed by atoms with Gasteiger partial charge in [-0.25, -0.2) is 0 Å². The molecule has 7 heteroatoms. The zero-order chi connectivity index (χ0) is 16.8. The summed E-state index contributed by atoms with van der Waals surface area (Å²) in [7, 11) is 0. The summed E-state index contributed by atoms with van der Waals surface area (Å²) in [6, 6.07) is 11.2. The van der Waals surface area contributed by atoms with E-state index in [1.54, 1.807) is 6.92 Å². The predicted octanol–water partition coefficient (Wildman–Crippen LogP) is 0.932. The monoisotopic (exact) mass is 328 g/mol. The van der Waals surface area contributed by atoms with Crippen molar-refractivity contribution in [1.82, 2.24) is 4.90 Å². The van der Waals surface area contributed by atoms with Gasteiger partial charge >= 0.3 is 0 Å². The SMILES string of the molecule is CC1(O)CSC2=C(C(N)=O)C(c3ccccc3)C(C#N)=C(N)N21. The van der Waals surface area contributed by atoms with Crippen molar-refractivity contribution >= 4 is 17.7 Å². The fourth-order valence-corrected chi connectivity index (χ4v) is 4.34. The Morgan fingerprint density at radius 3 is 2.70 bits per heavy atom. The van der Waals surface area contributed by atoms with E-state index in [-0.39, 0.29) is 11.4 Å². The van der Waals surface area contributed by atoms with Crippen LogP contribution in [-0.2, 0) is 4.79 Å². The molecule has 6 nitrogen and oxygen atoms in total. The third-order valence-corrected chi connectivity index (χ3v) is 5.38. The standard InChI is InChI=1S/C16H16N4O2S/c1-16(22)8-23-15-12(14(19)21)11(9-5-3-2-4-6-9)10(7-17)13(18)20(15)16/h2-6,11,22H,8,18H2,1H3,(H2,19,21). The average molecular weight is 328 g/mol. The second-order valence-electron chi connectivity index (χ2n) is 5.68. The van der Waals surface area contributed by atoms with Gasteiger partial charge in [-0.2, -0.15) is 5.26 Å². The number of allylic oxidation sites excluding steroid dienone is 1. The summed E-state index contributed by atoms with van der Waals surface area (Å²) in [5.74, 6) is -0.743. The number of primary amides is 1. The maximum Gasteiger partial charge on any atom is 0.248 e. The molecule has 0 spiro atoms. The summed E-state index contributed by atoms with van der Waals surface area (Å²) in [5, 5.41) is 20.7. The van der Waals surface area contributed by atoms with Gasteiger partial charge in [0.15, 0.2) is 5.72 Å². The van der Waals surface area contributed by atoms with E-state index >= 15 is 0 Å². The molecule has 1 amide bonds. The van der Waals surface area contributed by atoms with Crippen LogP contribution in [0.4, 0.5) is 0 Å². The number of hydrogen-bond donors (Lipinski definition) is 3. The van der Waals surface area contributed by atoms with Crippen molar-refractivity contribution in [3.8, 4) is 6.07 Å². The summed E-state index contributed by atoms with van der Waals surface area (Å²) in [4.78, 5) is 13.6. The highest BCUT2D eigenvalue weighted by Crippen LogP contribution is 2.50. The first kappa shape index (κ1) is 15.5. The summed E-state index contributed by atoms with van der Waals surface area (Å²) >= 11 is 1.32. The van der Waals surface area contributed by atoms with Gasteiger partial charge in [-0.05, 0) is 12.5 Å². The summed E-state index contributed by atoms with van der Waals surface area (Å²) in [6.45, 7) is 1.59. The lowest BCUT2D eigenvalue weighted by Gasteiger charge is -2.38. The molecule has 5 N–H and O–H groups in total. The second kappa shape index (κ2) is 5.33. The van der Waals surface area contributed by atoms with Crippen LogP contribution in [0.3, 0.4) is 0 Å². The van der Waals surface area contributed by atoms with E-state index in [1.807, 2.05) is 30.3 Å². The summed E-state index contributed by atoms with van der Waals surface area (Å²) in [6.07, 6.45) is 0. The van der Waals surface area contributed by atoms with E-state index in [0.717, 1.165) is 5.56 Å². The van der Waals surface area contributed by atoms with Crippen LogP contribution < -0.4 is 11.5 Å². The van der Waals surface area contributed by atoms with Crippen molar-refractivity contribution in [1.29, 1.82) is 5.26 Å². The molecule has 0 saturated carbocycles. The highest BCUT2D eigenvalue weighted by atomic mass is 32.2. The highest BCUT2D eigenvalue weighted by Gasteiger charge is 2.48. The molecule has 0 aliphatic carbocycles. The van der Waals surface area contributed by atoms with Crippen LogP contribution in [0.5, 0.6) is 0 Å². The van der Waals surface area contributed by atoms with Crippen molar-refractivity contribution in [2.75, 3.05) is 5.75 Å². The van der Waals surface area contributed by atoms with Gasteiger partial charge in [-0.3, -0.25) is 9.69 Å². The molecule has 118 valence electrons. The normalized spacial score (nSPS) is 27.0. The molecule has 23 heavy (non-hydrogen) atoms.